The highest BCUT2D eigenvalue weighted by molar-refractivity contribution is 6.01. The van der Waals surface area contributed by atoms with Crippen LogP contribution in [0, 0.1) is 11.7 Å². The molecule has 5 aromatic heterocycles. The van der Waals surface area contributed by atoms with Gasteiger partial charge in [-0.25, -0.2) is 23.9 Å². The van der Waals surface area contributed by atoms with E-state index in [2.05, 4.69) is 37.8 Å². The van der Waals surface area contributed by atoms with Crippen molar-refractivity contribution in [3.8, 4) is 11.1 Å². The van der Waals surface area contributed by atoms with Crippen molar-refractivity contribution in [1.29, 1.82) is 0 Å². The highest BCUT2D eigenvalue weighted by atomic mass is 19.1. The summed E-state index contributed by atoms with van der Waals surface area (Å²) in [6, 6.07) is 4.69. The van der Waals surface area contributed by atoms with Crippen LogP contribution in [-0.4, -0.2) is 40.7 Å². The Hall–Kier alpha value is -4.80. The number of pyridine rings is 1. The summed E-state index contributed by atoms with van der Waals surface area (Å²) in [5.74, 6) is 1.21. The number of allylic oxidation sites excluding steroid dienone is 4. The molecule has 5 aromatic rings. The second-order valence-electron chi connectivity index (χ2n) is 9.70. The number of fused-ring (bicyclic) bond motifs is 2. The monoisotopic (exact) mass is 509 g/mol. The average molecular weight is 510 g/mol. The van der Waals surface area contributed by atoms with Gasteiger partial charge in [0, 0.05) is 47.9 Å². The topological polar surface area (TPSA) is 123 Å². The Morgan fingerprint density at radius 2 is 2.08 bits per heavy atom. The van der Waals surface area contributed by atoms with Crippen molar-refractivity contribution in [2.24, 2.45) is 5.92 Å². The molecule has 1 unspecified atom stereocenters. The molecule has 2 aliphatic rings. The molecule has 190 valence electrons. The van der Waals surface area contributed by atoms with Gasteiger partial charge in [-0.2, -0.15) is 5.10 Å². The number of H-pyrrole nitrogens is 1. The molecule has 10 nitrogen and oxygen atoms in total. The van der Waals surface area contributed by atoms with Crippen molar-refractivity contribution in [3.63, 3.8) is 0 Å². The Morgan fingerprint density at radius 1 is 1.18 bits per heavy atom. The standard InChI is InChI=1S/C27H24FN9O/c1-15-4-2-3-5-19(15)37-25(34-36-11-8-18(28)23(36)27(37)38)20-9-10-35(20)26-22-17(13-31-24(22)32-14-33-26)16-6-7-21(29)30-12-16/h2-3,5-8,11-15,20H,4,9-10H2,1H3,(H2,29,30)(H,31,32,33)/t15?,20-/m0/s1. The van der Waals surface area contributed by atoms with Gasteiger partial charge in [0.2, 0.25) is 0 Å². The molecule has 1 fully saturated rings. The average Bonchev–Trinajstić information content (AvgIpc) is 3.49. The normalized spacial score (nSPS) is 19.2. The lowest BCUT2D eigenvalue weighted by molar-refractivity contribution is 0.422. The summed E-state index contributed by atoms with van der Waals surface area (Å²) < 4.78 is 17.6. The minimum atomic E-state index is -0.584. The predicted octanol–water partition coefficient (Wildman–Crippen LogP) is 3.94. The quantitative estimate of drug-likeness (QED) is 0.376. The van der Waals surface area contributed by atoms with E-state index >= 15 is 0 Å². The minimum absolute atomic E-state index is 0.0597. The number of hydrogen-bond donors (Lipinski definition) is 2. The van der Waals surface area contributed by atoms with E-state index in [0.717, 1.165) is 40.9 Å². The minimum Gasteiger partial charge on any atom is -0.384 e. The number of nitrogens with two attached hydrogens (primary N) is 1. The highest BCUT2D eigenvalue weighted by Gasteiger charge is 2.38. The summed E-state index contributed by atoms with van der Waals surface area (Å²) in [5.41, 5.74) is 8.60. The third-order valence-corrected chi connectivity index (χ3v) is 7.46. The van der Waals surface area contributed by atoms with E-state index in [4.69, 9.17) is 10.8 Å². The fourth-order valence-electron chi connectivity index (χ4n) is 5.41. The summed E-state index contributed by atoms with van der Waals surface area (Å²) in [7, 11) is 0. The summed E-state index contributed by atoms with van der Waals surface area (Å²) in [6.45, 7) is 2.77. The molecule has 1 aliphatic heterocycles. The second-order valence-corrected chi connectivity index (χ2v) is 9.70. The van der Waals surface area contributed by atoms with Gasteiger partial charge in [-0.05, 0) is 37.1 Å². The van der Waals surface area contributed by atoms with E-state index in [0.29, 0.717) is 23.8 Å². The van der Waals surface area contributed by atoms with Gasteiger partial charge in [0.05, 0.1) is 11.4 Å². The number of nitrogen functional groups attached to an aromatic ring is 1. The molecule has 38 heavy (non-hydrogen) atoms. The van der Waals surface area contributed by atoms with Crippen molar-refractivity contribution >= 4 is 33.9 Å². The van der Waals surface area contributed by atoms with Crippen molar-refractivity contribution in [3.05, 3.63) is 83.3 Å². The van der Waals surface area contributed by atoms with E-state index in [-0.39, 0.29) is 17.5 Å². The zero-order valence-corrected chi connectivity index (χ0v) is 20.5. The third kappa shape index (κ3) is 3.28. The van der Waals surface area contributed by atoms with E-state index in [1.54, 1.807) is 16.8 Å². The van der Waals surface area contributed by atoms with Crippen LogP contribution in [0.1, 0.15) is 31.6 Å². The highest BCUT2D eigenvalue weighted by Crippen LogP contribution is 2.42. The maximum Gasteiger partial charge on any atom is 0.285 e. The van der Waals surface area contributed by atoms with Crippen LogP contribution in [0.3, 0.4) is 0 Å². The van der Waals surface area contributed by atoms with Gasteiger partial charge in [0.25, 0.3) is 5.56 Å². The first-order valence-corrected chi connectivity index (χ1v) is 12.5. The van der Waals surface area contributed by atoms with Crippen LogP contribution >= 0.6 is 0 Å². The smallest absolute Gasteiger partial charge is 0.285 e. The number of hydrogen-bond acceptors (Lipinski definition) is 7. The number of nitrogens with zero attached hydrogens (tertiary/aromatic N) is 7. The van der Waals surface area contributed by atoms with Crippen molar-refractivity contribution in [2.75, 3.05) is 17.2 Å². The zero-order chi connectivity index (χ0) is 26.0. The fraction of sp³-hybridized carbons (Fsp3) is 0.222. The first-order chi connectivity index (χ1) is 18.5. The third-order valence-electron chi connectivity index (χ3n) is 7.46. The molecular formula is C27H24FN9O. The Kier molecular flexibility index (Phi) is 4.93. The lowest BCUT2D eigenvalue weighted by atomic mass is 9.96. The lowest BCUT2D eigenvalue weighted by Crippen LogP contribution is -2.45. The summed E-state index contributed by atoms with van der Waals surface area (Å²) in [5, 5.41) is 5.63. The van der Waals surface area contributed by atoms with Crippen molar-refractivity contribution < 1.29 is 4.39 Å². The van der Waals surface area contributed by atoms with E-state index in [1.165, 1.54) is 23.1 Å². The first-order valence-electron chi connectivity index (χ1n) is 12.5. The maximum atomic E-state index is 14.6. The van der Waals surface area contributed by atoms with Crippen LogP contribution in [0.25, 0.3) is 33.4 Å². The van der Waals surface area contributed by atoms with Gasteiger partial charge in [-0.3, -0.25) is 9.36 Å². The van der Waals surface area contributed by atoms with E-state index < -0.39 is 11.4 Å². The van der Waals surface area contributed by atoms with Gasteiger partial charge in [-0.15, -0.1) is 0 Å². The van der Waals surface area contributed by atoms with Gasteiger partial charge < -0.3 is 15.6 Å². The molecule has 11 heteroatoms. The fourth-order valence-corrected chi connectivity index (χ4v) is 5.41. The van der Waals surface area contributed by atoms with Crippen LogP contribution in [-0.2, 0) is 0 Å². The summed E-state index contributed by atoms with van der Waals surface area (Å²) in [6.07, 6.45) is 14.1. The van der Waals surface area contributed by atoms with E-state index in [1.807, 2.05) is 24.4 Å². The van der Waals surface area contributed by atoms with Gasteiger partial charge in [-0.1, -0.05) is 19.1 Å². The Balaban J connectivity index is 1.41. The molecule has 2 atom stereocenters. The summed E-state index contributed by atoms with van der Waals surface area (Å²) >= 11 is 0. The number of halogens is 1. The van der Waals surface area contributed by atoms with E-state index in [9.17, 15) is 9.18 Å². The molecule has 1 saturated heterocycles. The van der Waals surface area contributed by atoms with Gasteiger partial charge >= 0.3 is 0 Å². The van der Waals surface area contributed by atoms with Crippen LogP contribution in [0.15, 0.2) is 66.1 Å². The molecule has 1 aliphatic carbocycles. The van der Waals surface area contributed by atoms with Gasteiger partial charge in [0.15, 0.2) is 17.2 Å². The van der Waals surface area contributed by atoms with Crippen LogP contribution in [0.2, 0.25) is 0 Å². The predicted molar refractivity (Wildman–Crippen MR) is 143 cm³/mol. The molecule has 0 bridgehead atoms. The van der Waals surface area contributed by atoms with Crippen LogP contribution in [0.5, 0.6) is 0 Å². The zero-order valence-electron chi connectivity index (χ0n) is 20.5. The first kappa shape index (κ1) is 22.4. The van der Waals surface area contributed by atoms with Crippen LogP contribution < -0.4 is 16.2 Å². The number of anilines is 2. The molecule has 7 rings (SSSR count). The molecule has 6 heterocycles. The number of rotatable bonds is 4. The molecule has 0 radical (unpaired) electrons. The molecular weight excluding hydrogens is 485 g/mol. The Labute approximate surface area is 216 Å². The number of aromatic nitrogens is 7. The largest absolute Gasteiger partial charge is 0.384 e. The second kappa shape index (κ2) is 8.37. The molecule has 3 N–H and O–H groups in total. The Morgan fingerprint density at radius 3 is 2.84 bits per heavy atom. The number of nitrogens with one attached hydrogen (secondary N) is 1. The SMILES string of the molecule is CC1CC=CC=C1n1c([C@@H]2CCN2c2ncnc3[nH]cc(-c4ccc(N)nc4)c23)nn2ccc(F)c2c1=O. The number of aromatic amines is 1. The molecule has 0 spiro atoms. The van der Waals surface area contributed by atoms with Gasteiger partial charge in [0.1, 0.15) is 23.6 Å². The molecule has 0 amide bonds. The summed E-state index contributed by atoms with van der Waals surface area (Å²) in [4.78, 5) is 32.4. The molecule has 0 aromatic carbocycles. The maximum absolute atomic E-state index is 14.6. The van der Waals surface area contributed by atoms with Crippen LogP contribution in [0.4, 0.5) is 16.0 Å². The Bertz CT molecular complexity index is 1830. The lowest BCUT2D eigenvalue weighted by Gasteiger charge is -2.42. The van der Waals surface area contributed by atoms with Crippen molar-refractivity contribution in [2.45, 2.75) is 25.8 Å². The molecule has 0 saturated carbocycles. The van der Waals surface area contributed by atoms with Crippen molar-refractivity contribution in [1.82, 2.24) is 34.1 Å².